The minimum atomic E-state index is -5.63. The van der Waals surface area contributed by atoms with Gasteiger partial charge in [-0.05, 0) is 12.5 Å². The molecule has 0 aliphatic carbocycles. The van der Waals surface area contributed by atoms with Crippen molar-refractivity contribution in [3.63, 3.8) is 0 Å². The SMILES string of the molecule is Cc1ccc(C(CO)(C(F)(F)F)C(F)(F)F)cc1. The van der Waals surface area contributed by atoms with E-state index in [0.29, 0.717) is 5.56 Å². The third-order valence-electron chi connectivity index (χ3n) is 2.75. The van der Waals surface area contributed by atoms with E-state index in [1.54, 1.807) is 0 Å². The third kappa shape index (κ3) is 2.19. The van der Waals surface area contributed by atoms with Crippen molar-refractivity contribution in [1.82, 2.24) is 0 Å². The first-order valence-electron chi connectivity index (χ1n) is 4.88. The summed E-state index contributed by atoms with van der Waals surface area (Å²) in [6.07, 6.45) is -11.3. The zero-order chi connectivity index (χ0) is 14.2. The Morgan fingerprint density at radius 2 is 1.28 bits per heavy atom. The first-order chi connectivity index (χ1) is 8.06. The molecular formula is C11H10F6O. The van der Waals surface area contributed by atoms with Crippen LogP contribution in [0.5, 0.6) is 0 Å². The second kappa shape index (κ2) is 4.46. The van der Waals surface area contributed by atoms with E-state index in [2.05, 4.69) is 0 Å². The van der Waals surface area contributed by atoms with Gasteiger partial charge in [0.2, 0.25) is 5.41 Å². The lowest BCUT2D eigenvalue weighted by Gasteiger charge is -2.36. The largest absolute Gasteiger partial charge is 0.409 e. The molecule has 0 unspecified atom stereocenters. The van der Waals surface area contributed by atoms with Gasteiger partial charge in [-0.15, -0.1) is 0 Å². The van der Waals surface area contributed by atoms with Crippen LogP contribution in [0.2, 0.25) is 0 Å². The average molecular weight is 272 g/mol. The highest BCUT2D eigenvalue weighted by atomic mass is 19.4. The molecule has 0 fully saturated rings. The van der Waals surface area contributed by atoms with Gasteiger partial charge in [-0.25, -0.2) is 0 Å². The van der Waals surface area contributed by atoms with Crippen molar-refractivity contribution in [1.29, 1.82) is 0 Å². The lowest BCUT2D eigenvalue weighted by Crippen LogP contribution is -2.56. The topological polar surface area (TPSA) is 20.2 Å². The van der Waals surface area contributed by atoms with E-state index in [0.717, 1.165) is 24.3 Å². The molecule has 0 atom stereocenters. The van der Waals surface area contributed by atoms with Gasteiger partial charge in [0.1, 0.15) is 0 Å². The van der Waals surface area contributed by atoms with Crippen molar-refractivity contribution in [2.75, 3.05) is 6.61 Å². The number of rotatable bonds is 2. The van der Waals surface area contributed by atoms with Crippen molar-refractivity contribution in [3.8, 4) is 0 Å². The number of aliphatic hydroxyl groups is 1. The van der Waals surface area contributed by atoms with Gasteiger partial charge in [0, 0.05) is 0 Å². The number of hydrogen-bond donors (Lipinski definition) is 1. The second-order valence-corrected chi connectivity index (χ2v) is 3.92. The predicted molar refractivity (Wildman–Crippen MR) is 52.1 cm³/mol. The van der Waals surface area contributed by atoms with Crippen LogP contribution in [0.1, 0.15) is 11.1 Å². The van der Waals surface area contributed by atoms with Gasteiger partial charge in [-0.1, -0.05) is 29.8 Å². The minimum absolute atomic E-state index is 0.523. The van der Waals surface area contributed by atoms with Crippen LogP contribution in [0, 0.1) is 6.92 Å². The molecule has 1 aromatic carbocycles. The molecule has 0 saturated carbocycles. The molecule has 1 rings (SSSR count). The summed E-state index contributed by atoms with van der Waals surface area (Å²) in [5.74, 6) is 0. The molecule has 0 aliphatic rings. The smallest absolute Gasteiger partial charge is 0.395 e. The Bertz CT molecular complexity index is 389. The van der Waals surface area contributed by atoms with Crippen molar-refractivity contribution in [2.45, 2.75) is 24.7 Å². The van der Waals surface area contributed by atoms with Crippen LogP contribution in [0.3, 0.4) is 0 Å². The van der Waals surface area contributed by atoms with Crippen LogP contribution in [-0.2, 0) is 5.41 Å². The third-order valence-corrected chi connectivity index (χ3v) is 2.75. The van der Waals surface area contributed by atoms with Gasteiger partial charge in [0.15, 0.2) is 0 Å². The second-order valence-electron chi connectivity index (χ2n) is 3.92. The molecule has 0 spiro atoms. The van der Waals surface area contributed by atoms with Gasteiger partial charge in [-0.2, -0.15) is 26.3 Å². The molecule has 0 amide bonds. The summed E-state index contributed by atoms with van der Waals surface area (Å²) in [4.78, 5) is 0. The predicted octanol–water partition coefficient (Wildman–Crippen LogP) is 3.35. The van der Waals surface area contributed by atoms with Gasteiger partial charge in [-0.3, -0.25) is 0 Å². The summed E-state index contributed by atoms with van der Waals surface area (Å²) < 4.78 is 76.7. The normalized spacial score (nSPS) is 13.8. The lowest BCUT2D eigenvalue weighted by molar-refractivity contribution is -0.311. The Labute approximate surface area is 99.0 Å². The highest BCUT2D eigenvalue weighted by molar-refractivity contribution is 5.32. The molecule has 0 saturated heterocycles. The van der Waals surface area contributed by atoms with Crippen LogP contribution in [0.15, 0.2) is 24.3 Å². The van der Waals surface area contributed by atoms with Crippen LogP contribution in [0.4, 0.5) is 26.3 Å². The Kier molecular flexibility index (Phi) is 3.67. The highest BCUT2D eigenvalue weighted by Crippen LogP contribution is 2.51. The summed E-state index contributed by atoms with van der Waals surface area (Å²) in [7, 11) is 0. The number of alkyl halides is 6. The molecule has 0 heterocycles. The molecule has 0 aromatic heterocycles. The highest BCUT2D eigenvalue weighted by Gasteiger charge is 2.71. The Balaban J connectivity index is 3.51. The van der Waals surface area contributed by atoms with Crippen LogP contribution >= 0.6 is 0 Å². The van der Waals surface area contributed by atoms with E-state index in [4.69, 9.17) is 5.11 Å². The van der Waals surface area contributed by atoms with E-state index in [9.17, 15) is 26.3 Å². The maximum Gasteiger partial charge on any atom is 0.409 e. The summed E-state index contributed by atoms with van der Waals surface area (Å²) in [5, 5.41) is 8.73. The summed E-state index contributed by atoms with van der Waals surface area (Å²) in [6, 6.07) is 3.73. The zero-order valence-electron chi connectivity index (χ0n) is 9.23. The Morgan fingerprint density at radius 1 is 0.889 bits per heavy atom. The number of benzene rings is 1. The van der Waals surface area contributed by atoms with E-state index in [-0.39, 0.29) is 0 Å². The standard InChI is InChI=1S/C11H10F6O/c1-7-2-4-8(5-3-7)9(6-18,10(12,13)14)11(15,16)17/h2-5,18H,6H2,1H3. The number of halogens is 6. The number of aryl methyl sites for hydroxylation is 1. The molecule has 1 nitrogen and oxygen atoms in total. The first-order valence-corrected chi connectivity index (χ1v) is 4.88. The van der Waals surface area contributed by atoms with E-state index >= 15 is 0 Å². The number of hydrogen-bond acceptors (Lipinski definition) is 1. The molecule has 0 radical (unpaired) electrons. The molecule has 7 heteroatoms. The average Bonchev–Trinajstić information content (AvgIpc) is 2.18. The Hall–Kier alpha value is -1.24. The first kappa shape index (κ1) is 14.8. The van der Waals surface area contributed by atoms with Gasteiger partial charge >= 0.3 is 12.4 Å². The maximum atomic E-state index is 12.8. The monoisotopic (exact) mass is 272 g/mol. The summed E-state index contributed by atoms with van der Waals surface area (Å²) >= 11 is 0. The molecule has 0 aliphatic heterocycles. The maximum absolute atomic E-state index is 12.8. The minimum Gasteiger partial charge on any atom is -0.395 e. The molecule has 102 valence electrons. The molecule has 1 N–H and O–H groups in total. The summed E-state index contributed by atoms with van der Waals surface area (Å²) in [5.41, 5.74) is -4.74. The molecular weight excluding hydrogens is 262 g/mol. The van der Waals surface area contributed by atoms with Crippen LogP contribution < -0.4 is 0 Å². The van der Waals surface area contributed by atoms with E-state index in [1.165, 1.54) is 6.92 Å². The molecule has 0 bridgehead atoms. The van der Waals surface area contributed by atoms with Gasteiger partial charge < -0.3 is 5.11 Å². The van der Waals surface area contributed by atoms with Crippen molar-refractivity contribution in [3.05, 3.63) is 35.4 Å². The molecule has 1 aromatic rings. The van der Waals surface area contributed by atoms with Crippen molar-refractivity contribution in [2.24, 2.45) is 0 Å². The van der Waals surface area contributed by atoms with E-state index in [1.807, 2.05) is 0 Å². The molecule has 18 heavy (non-hydrogen) atoms. The van der Waals surface area contributed by atoms with Crippen molar-refractivity contribution >= 4 is 0 Å². The van der Waals surface area contributed by atoms with Crippen LogP contribution in [0.25, 0.3) is 0 Å². The fourth-order valence-corrected chi connectivity index (χ4v) is 1.60. The summed E-state index contributed by atoms with van der Waals surface area (Å²) in [6.45, 7) is -0.547. The number of aliphatic hydroxyl groups excluding tert-OH is 1. The van der Waals surface area contributed by atoms with Crippen LogP contribution in [-0.4, -0.2) is 24.1 Å². The lowest BCUT2D eigenvalue weighted by atomic mass is 9.79. The quantitative estimate of drug-likeness (QED) is 0.818. The van der Waals surface area contributed by atoms with E-state index < -0.39 is 29.9 Å². The van der Waals surface area contributed by atoms with Gasteiger partial charge in [0.05, 0.1) is 6.61 Å². The zero-order valence-corrected chi connectivity index (χ0v) is 9.23. The van der Waals surface area contributed by atoms with Crippen molar-refractivity contribution < 1.29 is 31.4 Å². The van der Waals surface area contributed by atoms with Gasteiger partial charge in [0.25, 0.3) is 0 Å². The fraction of sp³-hybridized carbons (Fsp3) is 0.455. The Morgan fingerprint density at radius 3 is 1.56 bits per heavy atom. The fourth-order valence-electron chi connectivity index (χ4n) is 1.60.